The second-order valence-corrected chi connectivity index (χ2v) is 11.7. The first-order valence-corrected chi connectivity index (χ1v) is 16.6. The summed E-state index contributed by atoms with van der Waals surface area (Å²) < 4.78 is 26.2. The Hall–Kier alpha value is -5.32. The highest BCUT2D eigenvalue weighted by Gasteiger charge is 2.31. The average Bonchev–Trinajstić information content (AvgIpc) is 3.44. The van der Waals surface area contributed by atoms with Crippen molar-refractivity contribution in [2.75, 3.05) is 59.7 Å². The Kier molecular flexibility index (Phi) is 11.4. The molecule has 0 aliphatic carbocycles. The molecule has 254 valence electrons. The number of rotatable bonds is 15. The number of ether oxygens (including phenoxy) is 4. The van der Waals surface area contributed by atoms with Crippen LogP contribution >= 0.6 is 0 Å². The molecular weight excluding hydrogens is 620 g/mol. The zero-order chi connectivity index (χ0) is 33.8. The molecule has 0 bridgehead atoms. The average molecular weight is 663 g/mol. The molecule has 1 fully saturated rings. The summed E-state index contributed by atoms with van der Waals surface area (Å²) >= 11 is 0. The Morgan fingerprint density at radius 2 is 1.35 bits per heavy atom. The molecule has 10 nitrogen and oxygen atoms in total. The van der Waals surface area contributed by atoms with E-state index < -0.39 is 0 Å². The molecule has 1 aliphatic heterocycles. The number of imidazole rings is 1. The van der Waals surface area contributed by atoms with Gasteiger partial charge >= 0.3 is 5.69 Å². The SMILES string of the molecule is COCCCOc1cccc(-n2c(-c3ccccc3)c(C(=O)N3CCNCC3)n(Cc3cccc(OCCOc4ccccc4)c3)c2=O)c1. The van der Waals surface area contributed by atoms with Crippen LogP contribution in [0.5, 0.6) is 17.2 Å². The van der Waals surface area contributed by atoms with Crippen molar-refractivity contribution in [1.29, 1.82) is 0 Å². The van der Waals surface area contributed by atoms with Gasteiger partial charge in [0.05, 0.1) is 24.5 Å². The van der Waals surface area contributed by atoms with Crippen molar-refractivity contribution in [2.24, 2.45) is 0 Å². The Balaban J connectivity index is 1.37. The number of para-hydroxylation sites is 1. The number of methoxy groups -OCH3 is 1. The summed E-state index contributed by atoms with van der Waals surface area (Å²) in [6, 6.07) is 34.3. The third kappa shape index (κ3) is 8.40. The summed E-state index contributed by atoms with van der Waals surface area (Å²) in [5.74, 6) is 1.87. The molecule has 1 aromatic heterocycles. The second-order valence-electron chi connectivity index (χ2n) is 11.7. The van der Waals surface area contributed by atoms with Gasteiger partial charge in [-0.1, -0.05) is 66.7 Å². The maximum absolute atomic E-state index is 14.7. The van der Waals surface area contributed by atoms with Crippen molar-refractivity contribution >= 4 is 5.91 Å². The van der Waals surface area contributed by atoms with Gasteiger partial charge in [0.25, 0.3) is 5.91 Å². The summed E-state index contributed by atoms with van der Waals surface area (Å²) in [5, 5.41) is 3.32. The first kappa shape index (κ1) is 33.6. The van der Waals surface area contributed by atoms with E-state index in [1.54, 1.807) is 16.2 Å². The summed E-state index contributed by atoms with van der Waals surface area (Å²) in [6.45, 7) is 4.44. The molecule has 0 spiro atoms. The van der Waals surface area contributed by atoms with Crippen molar-refractivity contribution in [2.45, 2.75) is 13.0 Å². The molecule has 5 aromatic rings. The molecule has 1 saturated heterocycles. The normalized spacial score (nSPS) is 12.9. The van der Waals surface area contributed by atoms with Crippen molar-refractivity contribution in [3.05, 3.63) is 131 Å². The Morgan fingerprint density at radius 1 is 0.714 bits per heavy atom. The highest BCUT2D eigenvalue weighted by Crippen LogP contribution is 2.30. The lowest BCUT2D eigenvalue weighted by atomic mass is 10.1. The third-order valence-electron chi connectivity index (χ3n) is 8.23. The minimum atomic E-state index is -0.323. The van der Waals surface area contributed by atoms with Crippen LogP contribution in [0.3, 0.4) is 0 Å². The van der Waals surface area contributed by atoms with Gasteiger partial charge < -0.3 is 29.2 Å². The van der Waals surface area contributed by atoms with E-state index in [1.807, 2.05) is 114 Å². The van der Waals surface area contributed by atoms with Gasteiger partial charge in [0.1, 0.15) is 36.2 Å². The molecule has 49 heavy (non-hydrogen) atoms. The van der Waals surface area contributed by atoms with Crippen LogP contribution in [0.25, 0.3) is 16.9 Å². The monoisotopic (exact) mass is 662 g/mol. The number of benzene rings is 4. The first-order valence-electron chi connectivity index (χ1n) is 16.6. The molecule has 0 saturated carbocycles. The van der Waals surface area contributed by atoms with Gasteiger partial charge in [0, 0.05) is 57.9 Å². The number of carbonyl (C=O) groups excluding carboxylic acids is 1. The standard InChI is InChI=1S/C39H42N4O6/c1-46-23-10-24-47-35-18-9-14-32(28-35)43-36(31-12-4-2-5-13-31)37(38(44)41-21-19-40-20-22-41)42(39(43)45)29-30-11-8-17-34(27-30)49-26-25-48-33-15-6-3-7-16-33/h2-9,11-18,27-28,40H,10,19-26,29H2,1H3. The Bertz CT molecular complexity index is 1870. The van der Waals surface area contributed by atoms with Gasteiger partial charge in [-0.25, -0.2) is 4.79 Å². The molecule has 6 rings (SSSR count). The number of hydrogen-bond acceptors (Lipinski definition) is 7. The third-order valence-corrected chi connectivity index (χ3v) is 8.23. The van der Waals surface area contributed by atoms with E-state index in [4.69, 9.17) is 18.9 Å². The summed E-state index contributed by atoms with van der Waals surface area (Å²) in [4.78, 5) is 31.0. The highest BCUT2D eigenvalue weighted by atomic mass is 16.5. The summed E-state index contributed by atoms with van der Waals surface area (Å²) in [6.07, 6.45) is 0.735. The molecule has 4 aromatic carbocycles. The van der Waals surface area contributed by atoms with E-state index in [2.05, 4.69) is 5.32 Å². The smallest absolute Gasteiger partial charge is 0.334 e. The van der Waals surface area contributed by atoms with Gasteiger partial charge in [0.15, 0.2) is 0 Å². The van der Waals surface area contributed by atoms with Crippen LogP contribution in [0.15, 0.2) is 114 Å². The lowest BCUT2D eigenvalue weighted by Gasteiger charge is -2.28. The van der Waals surface area contributed by atoms with E-state index in [1.165, 1.54) is 0 Å². The topological polar surface area (TPSA) is 96.2 Å². The number of nitrogens with zero attached hydrogens (tertiary/aromatic N) is 3. The van der Waals surface area contributed by atoms with Crippen LogP contribution in [0.1, 0.15) is 22.5 Å². The first-order chi connectivity index (χ1) is 24.1. The zero-order valence-corrected chi connectivity index (χ0v) is 27.8. The number of piperazine rings is 1. The van der Waals surface area contributed by atoms with E-state index in [-0.39, 0.29) is 18.1 Å². The van der Waals surface area contributed by atoms with Crippen molar-refractivity contribution < 1.29 is 23.7 Å². The van der Waals surface area contributed by atoms with Crippen LogP contribution in [-0.2, 0) is 11.3 Å². The molecule has 1 aliphatic rings. The van der Waals surface area contributed by atoms with E-state index >= 15 is 0 Å². The van der Waals surface area contributed by atoms with Crippen LogP contribution in [0.4, 0.5) is 0 Å². The predicted molar refractivity (Wildman–Crippen MR) is 189 cm³/mol. The minimum Gasteiger partial charge on any atom is -0.493 e. The Morgan fingerprint density at radius 3 is 2.08 bits per heavy atom. The molecular formula is C39H42N4O6. The maximum Gasteiger partial charge on any atom is 0.334 e. The van der Waals surface area contributed by atoms with Crippen molar-refractivity contribution in [3.63, 3.8) is 0 Å². The van der Waals surface area contributed by atoms with Crippen LogP contribution in [0, 0.1) is 0 Å². The van der Waals surface area contributed by atoms with E-state index in [0.29, 0.717) is 81.2 Å². The fourth-order valence-corrected chi connectivity index (χ4v) is 5.89. The summed E-state index contributed by atoms with van der Waals surface area (Å²) in [5.41, 5.74) is 2.75. The Labute approximate surface area is 286 Å². The van der Waals surface area contributed by atoms with E-state index in [9.17, 15) is 9.59 Å². The fraction of sp³-hybridized carbons (Fsp3) is 0.282. The zero-order valence-electron chi connectivity index (χ0n) is 27.8. The van der Waals surface area contributed by atoms with Crippen molar-refractivity contribution in [1.82, 2.24) is 19.4 Å². The van der Waals surface area contributed by atoms with Gasteiger partial charge in [0.2, 0.25) is 0 Å². The summed E-state index contributed by atoms with van der Waals surface area (Å²) in [7, 11) is 1.66. The number of aromatic nitrogens is 2. The number of amides is 1. The van der Waals surface area contributed by atoms with Gasteiger partial charge in [-0.05, 0) is 42.0 Å². The number of hydrogen-bond donors (Lipinski definition) is 1. The van der Waals surface area contributed by atoms with Crippen LogP contribution in [-0.4, -0.2) is 79.7 Å². The van der Waals surface area contributed by atoms with Crippen molar-refractivity contribution in [3.8, 4) is 34.2 Å². The largest absolute Gasteiger partial charge is 0.493 e. The minimum absolute atomic E-state index is 0.170. The second kappa shape index (κ2) is 16.7. The molecule has 0 unspecified atom stereocenters. The lowest BCUT2D eigenvalue weighted by molar-refractivity contribution is 0.0725. The van der Waals surface area contributed by atoms with E-state index in [0.717, 1.165) is 23.3 Å². The molecule has 1 amide bonds. The number of carbonyl (C=O) groups is 1. The maximum atomic E-state index is 14.7. The molecule has 1 N–H and O–H groups in total. The molecule has 2 heterocycles. The quantitative estimate of drug-likeness (QED) is 0.153. The lowest BCUT2D eigenvalue weighted by Crippen LogP contribution is -2.47. The highest BCUT2D eigenvalue weighted by molar-refractivity contribution is 5.99. The van der Waals surface area contributed by atoms with Crippen LogP contribution in [0.2, 0.25) is 0 Å². The van der Waals surface area contributed by atoms with Gasteiger partial charge in [-0.15, -0.1) is 0 Å². The number of nitrogens with one attached hydrogen (secondary N) is 1. The molecule has 10 heteroatoms. The molecule has 0 atom stereocenters. The molecule has 0 radical (unpaired) electrons. The van der Waals surface area contributed by atoms with Gasteiger partial charge in [-0.2, -0.15) is 0 Å². The van der Waals surface area contributed by atoms with Gasteiger partial charge in [-0.3, -0.25) is 13.9 Å². The predicted octanol–water partition coefficient (Wildman–Crippen LogP) is 5.27. The van der Waals surface area contributed by atoms with Crippen LogP contribution < -0.4 is 25.2 Å². The fourth-order valence-electron chi connectivity index (χ4n) is 5.89.